The predicted molar refractivity (Wildman–Crippen MR) is 60.4 cm³/mol. The van der Waals surface area contributed by atoms with Crippen LogP contribution in [0.2, 0.25) is 25.2 Å². The molecule has 15 heavy (non-hydrogen) atoms. The van der Waals surface area contributed by atoms with Crippen LogP contribution in [0.3, 0.4) is 0 Å². The zero-order valence-electron chi connectivity index (χ0n) is 10.1. The second-order valence-corrected chi connectivity index (χ2v) is 9.61. The van der Waals surface area contributed by atoms with E-state index in [-0.39, 0.29) is 0 Å². The molecule has 0 amide bonds. The van der Waals surface area contributed by atoms with Gasteiger partial charge >= 0.3 is 11.9 Å². The lowest BCUT2D eigenvalue weighted by atomic mass is 10.4. The normalized spacial score (nSPS) is 11.3. The van der Waals surface area contributed by atoms with Crippen LogP contribution in [-0.4, -0.2) is 33.2 Å². The molecule has 0 heterocycles. The standard InChI is InChI=1S/C10H20O4Si/c1-6-13-9(11)8(15(3,4)5)10(12)14-7-2/h8H,6-7H2,1-5H3. The average Bonchev–Trinajstić information content (AvgIpc) is 2.01. The third kappa shape index (κ3) is 4.46. The molecular weight excluding hydrogens is 212 g/mol. The molecule has 0 aliphatic heterocycles. The summed E-state index contributed by atoms with van der Waals surface area (Å²) in [6, 6.07) is 0. The molecule has 0 aromatic rings. The molecule has 0 bridgehead atoms. The molecule has 0 spiro atoms. The van der Waals surface area contributed by atoms with Crippen molar-refractivity contribution in [3.05, 3.63) is 0 Å². The Balaban J connectivity index is 4.74. The fourth-order valence-electron chi connectivity index (χ4n) is 1.25. The van der Waals surface area contributed by atoms with Gasteiger partial charge in [0.05, 0.1) is 21.3 Å². The molecule has 0 aliphatic rings. The molecule has 0 aromatic carbocycles. The molecule has 0 aromatic heterocycles. The molecule has 4 nitrogen and oxygen atoms in total. The van der Waals surface area contributed by atoms with Gasteiger partial charge in [0.1, 0.15) is 5.54 Å². The highest BCUT2D eigenvalue weighted by Crippen LogP contribution is 2.24. The Labute approximate surface area is 92.0 Å². The number of carbonyl (C=O) groups is 2. The van der Waals surface area contributed by atoms with Crippen molar-refractivity contribution >= 4 is 20.0 Å². The minimum Gasteiger partial charge on any atom is -0.466 e. The van der Waals surface area contributed by atoms with E-state index in [9.17, 15) is 9.59 Å². The largest absolute Gasteiger partial charge is 0.466 e. The molecule has 0 fully saturated rings. The van der Waals surface area contributed by atoms with Crippen molar-refractivity contribution < 1.29 is 19.1 Å². The maximum Gasteiger partial charge on any atom is 0.317 e. The number of ether oxygens (including phenoxy) is 2. The average molecular weight is 232 g/mol. The van der Waals surface area contributed by atoms with Crippen LogP contribution in [0.25, 0.3) is 0 Å². The quantitative estimate of drug-likeness (QED) is 0.412. The van der Waals surface area contributed by atoms with Gasteiger partial charge in [-0.2, -0.15) is 0 Å². The third-order valence-corrected chi connectivity index (χ3v) is 4.11. The maximum atomic E-state index is 11.6. The van der Waals surface area contributed by atoms with Crippen molar-refractivity contribution in [2.45, 2.75) is 39.0 Å². The van der Waals surface area contributed by atoms with Gasteiger partial charge in [0.25, 0.3) is 0 Å². The van der Waals surface area contributed by atoms with Crippen LogP contribution in [0.15, 0.2) is 0 Å². The molecule has 5 heteroatoms. The molecule has 0 aliphatic carbocycles. The van der Waals surface area contributed by atoms with E-state index in [0.29, 0.717) is 13.2 Å². The summed E-state index contributed by atoms with van der Waals surface area (Å²) in [6.45, 7) is 9.88. The Kier molecular flexibility index (Phi) is 5.57. The summed E-state index contributed by atoms with van der Waals surface area (Å²) in [4.78, 5) is 23.2. The fourth-order valence-corrected chi connectivity index (χ4v) is 2.84. The molecule has 0 N–H and O–H groups in total. The lowest BCUT2D eigenvalue weighted by molar-refractivity contribution is -0.154. The van der Waals surface area contributed by atoms with Gasteiger partial charge in [0.15, 0.2) is 0 Å². The topological polar surface area (TPSA) is 52.6 Å². The van der Waals surface area contributed by atoms with E-state index in [1.54, 1.807) is 13.8 Å². The van der Waals surface area contributed by atoms with Gasteiger partial charge in [-0.25, -0.2) is 0 Å². The Hall–Kier alpha value is -0.843. The number of hydrogen-bond acceptors (Lipinski definition) is 4. The molecule has 0 rings (SSSR count). The first-order valence-corrected chi connectivity index (χ1v) is 8.75. The number of esters is 2. The van der Waals surface area contributed by atoms with Crippen molar-refractivity contribution in [2.24, 2.45) is 0 Å². The second kappa shape index (κ2) is 5.90. The van der Waals surface area contributed by atoms with Crippen LogP contribution in [0.1, 0.15) is 13.8 Å². The summed E-state index contributed by atoms with van der Waals surface area (Å²) in [5, 5.41) is 0. The van der Waals surface area contributed by atoms with Crippen molar-refractivity contribution in [3.8, 4) is 0 Å². The monoisotopic (exact) mass is 232 g/mol. The van der Waals surface area contributed by atoms with E-state index in [4.69, 9.17) is 9.47 Å². The first kappa shape index (κ1) is 14.2. The van der Waals surface area contributed by atoms with Gasteiger partial charge in [0, 0.05) is 0 Å². The summed E-state index contributed by atoms with van der Waals surface area (Å²) in [6.07, 6.45) is 0. The lowest BCUT2D eigenvalue weighted by Gasteiger charge is -2.24. The van der Waals surface area contributed by atoms with E-state index in [1.165, 1.54) is 0 Å². The van der Waals surface area contributed by atoms with E-state index < -0.39 is 25.6 Å². The van der Waals surface area contributed by atoms with Gasteiger partial charge in [-0.15, -0.1) is 0 Å². The summed E-state index contributed by atoms with van der Waals surface area (Å²) in [5.74, 6) is -0.898. The van der Waals surface area contributed by atoms with E-state index in [0.717, 1.165) is 0 Å². The second-order valence-electron chi connectivity index (χ2n) is 4.30. The first-order valence-electron chi connectivity index (χ1n) is 5.17. The summed E-state index contributed by atoms with van der Waals surface area (Å²) >= 11 is 0. The van der Waals surface area contributed by atoms with Crippen LogP contribution in [0.5, 0.6) is 0 Å². The highest BCUT2D eigenvalue weighted by molar-refractivity contribution is 6.83. The van der Waals surface area contributed by atoms with Crippen LogP contribution < -0.4 is 0 Å². The molecule has 0 atom stereocenters. The predicted octanol–water partition coefficient (Wildman–Crippen LogP) is 1.82. The summed E-state index contributed by atoms with van der Waals surface area (Å²) in [5.41, 5.74) is -0.711. The summed E-state index contributed by atoms with van der Waals surface area (Å²) in [7, 11) is -1.94. The number of rotatable bonds is 5. The molecule has 88 valence electrons. The van der Waals surface area contributed by atoms with Gasteiger partial charge in [0.2, 0.25) is 0 Å². The Morgan fingerprint density at radius 3 is 1.53 bits per heavy atom. The SMILES string of the molecule is CCOC(=O)C(C(=O)OCC)[Si](C)(C)C. The lowest BCUT2D eigenvalue weighted by Crippen LogP contribution is -2.40. The minimum atomic E-state index is -1.94. The number of hydrogen-bond donors (Lipinski definition) is 0. The zero-order valence-corrected chi connectivity index (χ0v) is 11.1. The molecule has 0 saturated heterocycles. The third-order valence-electron chi connectivity index (χ3n) is 1.91. The van der Waals surface area contributed by atoms with Crippen LogP contribution >= 0.6 is 0 Å². The zero-order chi connectivity index (χ0) is 12.1. The Morgan fingerprint density at radius 2 is 1.33 bits per heavy atom. The van der Waals surface area contributed by atoms with Gasteiger partial charge in [-0.05, 0) is 13.8 Å². The Bertz CT molecular complexity index is 214. The smallest absolute Gasteiger partial charge is 0.317 e. The fraction of sp³-hybridized carbons (Fsp3) is 0.800. The van der Waals surface area contributed by atoms with Crippen molar-refractivity contribution in [2.75, 3.05) is 13.2 Å². The van der Waals surface area contributed by atoms with Gasteiger partial charge in [-0.3, -0.25) is 9.59 Å². The van der Waals surface area contributed by atoms with Gasteiger partial charge in [-0.1, -0.05) is 19.6 Å². The molecule has 0 radical (unpaired) electrons. The van der Waals surface area contributed by atoms with Crippen molar-refractivity contribution in [3.63, 3.8) is 0 Å². The minimum absolute atomic E-state index is 0.291. The van der Waals surface area contributed by atoms with E-state index >= 15 is 0 Å². The van der Waals surface area contributed by atoms with E-state index in [2.05, 4.69) is 0 Å². The van der Waals surface area contributed by atoms with Crippen LogP contribution in [0.4, 0.5) is 0 Å². The summed E-state index contributed by atoms with van der Waals surface area (Å²) < 4.78 is 9.79. The van der Waals surface area contributed by atoms with Crippen molar-refractivity contribution in [1.29, 1.82) is 0 Å². The number of carbonyl (C=O) groups excluding carboxylic acids is 2. The van der Waals surface area contributed by atoms with Crippen LogP contribution in [-0.2, 0) is 19.1 Å². The highest BCUT2D eigenvalue weighted by Gasteiger charge is 2.41. The molecular formula is C10H20O4Si. The highest BCUT2D eigenvalue weighted by atomic mass is 28.3. The molecule has 0 unspecified atom stereocenters. The Morgan fingerprint density at radius 1 is 1.00 bits per heavy atom. The van der Waals surface area contributed by atoms with E-state index in [1.807, 2.05) is 19.6 Å². The van der Waals surface area contributed by atoms with Crippen LogP contribution in [0, 0.1) is 0 Å². The molecule has 0 saturated carbocycles. The maximum absolute atomic E-state index is 11.6. The van der Waals surface area contributed by atoms with Gasteiger partial charge < -0.3 is 9.47 Å². The van der Waals surface area contributed by atoms with Crippen molar-refractivity contribution in [1.82, 2.24) is 0 Å². The first-order chi connectivity index (χ1) is 6.84.